The lowest BCUT2D eigenvalue weighted by atomic mass is 10.2. The highest BCUT2D eigenvalue weighted by Crippen LogP contribution is 2.16. The number of aromatic nitrogens is 5. The molecule has 0 fully saturated rings. The highest BCUT2D eigenvalue weighted by atomic mass is 16.1. The Balaban J connectivity index is 1.62. The Labute approximate surface area is 137 Å². The van der Waals surface area contributed by atoms with Crippen molar-refractivity contribution in [3.63, 3.8) is 0 Å². The molecule has 4 rings (SSSR count). The molecule has 0 unspecified atom stereocenters. The van der Waals surface area contributed by atoms with E-state index >= 15 is 0 Å². The number of nitrogens with zero attached hydrogens (tertiary/aromatic N) is 4. The van der Waals surface area contributed by atoms with Crippen molar-refractivity contribution in [2.45, 2.75) is 6.92 Å². The Morgan fingerprint density at radius 2 is 2.00 bits per heavy atom. The number of pyridine rings is 1. The Hall–Kier alpha value is -3.48. The molecule has 3 heterocycles. The third kappa shape index (κ3) is 2.41. The van der Waals surface area contributed by atoms with E-state index in [-0.39, 0.29) is 5.91 Å². The summed E-state index contributed by atoms with van der Waals surface area (Å²) in [5, 5.41) is 7.03. The summed E-state index contributed by atoms with van der Waals surface area (Å²) in [4.78, 5) is 24.2. The second-order valence-corrected chi connectivity index (χ2v) is 5.30. The Morgan fingerprint density at radius 3 is 2.79 bits per heavy atom. The zero-order valence-electron chi connectivity index (χ0n) is 12.9. The second kappa shape index (κ2) is 5.62. The van der Waals surface area contributed by atoms with Gasteiger partial charge in [-0.15, -0.1) is 0 Å². The maximum absolute atomic E-state index is 12.5. The molecule has 0 aliphatic rings. The zero-order valence-corrected chi connectivity index (χ0v) is 12.9. The first-order valence-corrected chi connectivity index (χ1v) is 7.44. The Kier molecular flexibility index (Phi) is 3.31. The van der Waals surface area contributed by atoms with E-state index in [2.05, 4.69) is 25.4 Å². The predicted molar refractivity (Wildman–Crippen MR) is 90.1 cm³/mol. The fourth-order valence-corrected chi connectivity index (χ4v) is 2.53. The van der Waals surface area contributed by atoms with Crippen molar-refractivity contribution in [1.82, 2.24) is 24.7 Å². The van der Waals surface area contributed by atoms with Gasteiger partial charge in [0.25, 0.3) is 5.91 Å². The third-order valence-corrected chi connectivity index (χ3v) is 3.74. The minimum atomic E-state index is -0.270. The van der Waals surface area contributed by atoms with Gasteiger partial charge < -0.3 is 4.98 Å². The number of anilines is 1. The van der Waals surface area contributed by atoms with Gasteiger partial charge in [0.1, 0.15) is 0 Å². The van der Waals surface area contributed by atoms with Gasteiger partial charge in [0.2, 0.25) is 5.95 Å². The first-order valence-electron chi connectivity index (χ1n) is 7.44. The summed E-state index contributed by atoms with van der Waals surface area (Å²) >= 11 is 0. The van der Waals surface area contributed by atoms with Gasteiger partial charge in [0, 0.05) is 6.20 Å². The number of fused-ring (bicyclic) bond motifs is 1. The number of hydrogen-bond acceptors (Lipinski definition) is 4. The quantitative estimate of drug-likeness (QED) is 0.608. The lowest BCUT2D eigenvalue weighted by molar-refractivity contribution is 0.102. The largest absolute Gasteiger partial charge is 0.324 e. The molecule has 24 heavy (non-hydrogen) atoms. The summed E-state index contributed by atoms with van der Waals surface area (Å²) in [6.45, 7) is 1.83. The third-order valence-electron chi connectivity index (χ3n) is 3.74. The maximum atomic E-state index is 12.5. The van der Waals surface area contributed by atoms with Crippen LogP contribution >= 0.6 is 0 Å². The summed E-state index contributed by atoms with van der Waals surface area (Å²) in [5.74, 6) is 0.803. The van der Waals surface area contributed by atoms with Crippen LogP contribution in [0.4, 0.5) is 5.95 Å². The number of nitrogens with one attached hydrogen (secondary N) is 2. The van der Waals surface area contributed by atoms with Crippen LogP contribution in [0.25, 0.3) is 16.9 Å². The minimum Gasteiger partial charge on any atom is -0.324 e. The highest BCUT2D eigenvalue weighted by molar-refractivity contribution is 6.04. The molecule has 0 saturated carbocycles. The summed E-state index contributed by atoms with van der Waals surface area (Å²) in [7, 11) is 0. The zero-order chi connectivity index (χ0) is 16.5. The fraction of sp³-hybridized carbons (Fsp3) is 0.0588. The average molecular weight is 318 g/mol. The van der Waals surface area contributed by atoms with Gasteiger partial charge in [-0.2, -0.15) is 5.10 Å². The summed E-state index contributed by atoms with van der Waals surface area (Å²) in [6.07, 6.45) is 3.21. The van der Waals surface area contributed by atoms with Crippen LogP contribution in [0, 0.1) is 6.92 Å². The first-order chi connectivity index (χ1) is 11.7. The molecule has 0 aliphatic carbocycles. The number of aromatic amines is 1. The molecule has 7 nitrogen and oxygen atoms in total. The fourth-order valence-electron chi connectivity index (χ4n) is 2.53. The topological polar surface area (TPSA) is 88.5 Å². The minimum absolute atomic E-state index is 0.270. The second-order valence-electron chi connectivity index (χ2n) is 5.30. The van der Waals surface area contributed by atoms with Crippen LogP contribution in [0.15, 0.2) is 54.9 Å². The number of carbonyl (C=O) groups is 1. The van der Waals surface area contributed by atoms with E-state index in [0.717, 1.165) is 11.0 Å². The summed E-state index contributed by atoms with van der Waals surface area (Å²) < 4.78 is 1.63. The van der Waals surface area contributed by atoms with Crippen LogP contribution in [-0.2, 0) is 0 Å². The molecule has 3 aromatic heterocycles. The van der Waals surface area contributed by atoms with Crippen molar-refractivity contribution in [3.05, 3.63) is 66.1 Å². The SMILES string of the molecule is Cc1c(C(=O)Nc2nc3ccccc3[nH]2)cnn1-c1ccccn1. The molecule has 0 bridgehead atoms. The molecule has 7 heteroatoms. The smallest absolute Gasteiger partial charge is 0.261 e. The van der Waals surface area contributed by atoms with Gasteiger partial charge in [-0.3, -0.25) is 10.1 Å². The van der Waals surface area contributed by atoms with Crippen molar-refractivity contribution in [3.8, 4) is 5.82 Å². The molecule has 0 atom stereocenters. The van der Waals surface area contributed by atoms with E-state index in [9.17, 15) is 4.79 Å². The number of carbonyl (C=O) groups excluding carboxylic acids is 1. The molecule has 0 spiro atoms. The van der Waals surface area contributed by atoms with Crippen molar-refractivity contribution in [2.24, 2.45) is 0 Å². The summed E-state index contributed by atoms with van der Waals surface area (Å²) in [5.41, 5.74) is 2.85. The average Bonchev–Trinajstić information content (AvgIpc) is 3.18. The molecule has 0 saturated heterocycles. The van der Waals surface area contributed by atoms with E-state index < -0.39 is 0 Å². The van der Waals surface area contributed by atoms with E-state index in [1.165, 1.54) is 6.20 Å². The van der Waals surface area contributed by atoms with Crippen LogP contribution in [0.3, 0.4) is 0 Å². The molecule has 4 aromatic rings. The molecule has 1 amide bonds. The number of hydrogen-bond donors (Lipinski definition) is 2. The lowest BCUT2D eigenvalue weighted by Gasteiger charge is -2.04. The van der Waals surface area contributed by atoms with Gasteiger partial charge in [0.05, 0.1) is 28.5 Å². The maximum Gasteiger partial charge on any atom is 0.261 e. The van der Waals surface area contributed by atoms with E-state index in [1.54, 1.807) is 10.9 Å². The number of amides is 1. The van der Waals surface area contributed by atoms with E-state index in [1.807, 2.05) is 49.4 Å². The van der Waals surface area contributed by atoms with E-state index in [4.69, 9.17) is 0 Å². The Morgan fingerprint density at radius 1 is 1.17 bits per heavy atom. The van der Waals surface area contributed by atoms with Gasteiger partial charge in [0.15, 0.2) is 5.82 Å². The van der Waals surface area contributed by atoms with Crippen molar-refractivity contribution in [2.75, 3.05) is 5.32 Å². The van der Waals surface area contributed by atoms with Gasteiger partial charge in [-0.05, 0) is 31.2 Å². The molecule has 0 radical (unpaired) electrons. The van der Waals surface area contributed by atoms with Crippen LogP contribution in [0.5, 0.6) is 0 Å². The number of rotatable bonds is 3. The lowest BCUT2D eigenvalue weighted by Crippen LogP contribution is -2.14. The van der Waals surface area contributed by atoms with Crippen LogP contribution in [-0.4, -0.2) is 30.6 Å². The molecule has 2 N–H and O–H groups in total. The predicted octanol–water partition coefficient (Wildman–Crippen LogP) is 2.70. The Bertz CT molecular complexity index is 985. The number of para-hydroxylation sites is 2. The molecule has 118 valence electrons. The summed E-state index contributed by atoms with van der Waals surface area (Å²) in [6, 6.07) is 13.1. The van der Waals surface area contributed by atoms with Gasteiger partial charge in [-0.1, -0.05) is 18.2 Å². The van der Waals surface area contributed by atoms with Crippen LogP contribution in [0.2, 0.25) is 0 Å². The standard InChI is InChI=1S/C17H14N6O/c1-11-12(10-19-23(11)15-8-4-5-9-18-15)16(24)22-17-20-13-6-2-3-7-14(13)21-17/h2-10H,1H3,(H2,20,21,22,24). The van der Waals surface area contributed by atoms with Gasteiger partial charge in [-0.25, -0.2) is 14.6 Å². The van der Waals surface area contributed by atoms with Crippen molar-refractivity contribution < 1.29 is 4.79 Å². The van der Waals surface area contributed by atoms with E-state index in [0.29, 0.717) is 23.0 Å². The highest BCUT2D eigenvalue weighted by Gasteiger charge is 2.17. The normalized spacial score (nSPS) is 10.9. The molecule has 0 aliphatic heterocycles. The van der Waals surface area contributed by atoms with Crippen LogP contribution in [0.1, 0.15) is 16.1 Å². The molecular formula is C17H14N6O. The monoisotopic (exact) mass is 318 g/mol. The van der Waals surface area contributed by atoms with Crippen molar-refractivity contribution in [1.29, 1.82) is 0 Å². The van der Waals surface area contributed by atoms with Crippen LogP contribution < -0.4 is 5.32 Å². The van der Waals surface area contributed by atoms with Crippen molar-refractivity contribution >= 4 is 22.9 Å². The molecule has 1 aromatic carbocycles. The number of H-pyrrole nitrogens is 1. The number of benzene rings is 1. The first kappa shape index (κ1) is 14.1. The van der Waals surface area contributed by atoms with Gasteiger partial charge >= 0.3 is 0 Å². The number of imidazole rings is 1. The molecular weight excluding hydrogens is 304 g/mol.